The number of carbonyl (C=O) groups excluding carboxylic acids is 2. The molecule has 0 atom stereocenters. The first kappa shape index (κ1) is 21.1. The number of pyridine rings is 1. The Bertz CT molecular complexity index is 1060. The topological polar surface area (TPSA) is 64.4 Å². The molecule has 0 bridgehead atoms. The van der Waals surface area contributed by atoms with E-state index in [9.17, 15) is 9.59 Å². The van der Waals surface area contributed by atoms with Crippen LogP contribution < -0.4 is 0 Å². The Morgan fingerprint density at radius 3 is 2.71 bits per heavy atom. The maximum absolute atomic E-state index is 12.8. The van der Waals surface area contributed by atoms with Crippen LogP contribution in [0.15, 0.2) is 48.7 Å². The monoisotopic (exact) mass is 419 g/mol. The van der Waals surface area contributed by atoms with Gasteiger partial charge in [0.2, 0.25) is 5.91 Å². The molecule has 1 aromatic carbocycles. The fourth-order valence-corrected chi connectivity index (χ4v) is 4.44. The molecule has 0 radical (unpaired) electrons. The third-order valence-electron chi connectivity index (χ3n) is 6.06. The Hall–Kier alpha value is -3.15. The Labute approximate surface area is 182 Å². The van der Waals surface area contributed by atoms with Gasteiger partial charge in [-0.1, -0.05) is 30.3 Å². The number of amides is 1. The van der Waals surface area contributed by atoms with Crippen LogP contribution in [0, 0.1) is 0 Å². The van der Waals surface area contributed by atoms with Crippen molar-refractivity contribution >= 4 is 22.9 Å². The molecule has 6 heteroatoms. The van der Waals surface area contributed by atoms with Crippen molar-refractivity contribution in [2.75, 3.05) is 13.7 Å². The molecule has 3 heterocycles. The maximum atomic E-state index is 12.8. The van der Waals surface area contributed by atoms with Crippen molar-refractivity contribution in [1.82, 2.24) is 14.5 Å². The lowest BCUT2D eigenvalue weighted by Gasteiger charge is -2.28. The summed E-state index contributed by atoms with van der Waals surface area (Å²) >= 11 is 0. The van der Waals surface area contributed by atoms with Crippen LogP contribution in [0.5, 0.6) is 0 Å². The van der Waals surface area contributed by atoms with Crippen molar-refractivity contribution in [3.63, 3.8) is 0 Å². The van der Waals surface area contributed by atoms with Gasteiger partial charge in [-0.3, -0.25) is 9.59 Å². The smallest absolute Gasteiger partial charge is 0.305 e. The van der Waals surface area contributed by atoms with Crippen LogP contribution in [0.25, 0.3) is 11.0 Å². The Morgan fingerprint density at radius 1 is 1.06 bits per heavy atom. The highest BCUT2D eigenvalue weighted by molar-refractivity contribution is 5.84. The summed E-state index contributed by atoms with van der Waals surface area (Å²) in [5.74, 6) is -0.165. The molecule has 162 valence electrons. The van der Waals surface area contributed by atoms with Crippen LogP contribution >= 0.6 is 0 Å². The van der Waals surface area contributed by atoms with Gasteiger partial charge in [0.15, 0.2) is 0 Å². The van der Waals surface area contributed by atoms with Crippen LogP contribution in [0.3, 0.4) is 0 Å². The van der Waals surface area contributed by atoms with Crippen molar-refractivity contribution < 1.29 is 14.3 Å². The third kappa shape index (κ3) is 4.79. The van der Waals surface area contributed by atoms with Gasteiger partial charge >= 0.3 is 5.97 Å². The van der Waals surface area contributed by atoms with E-state index >= 15 is 0 Å². The van der Waals surface area contributed by atoms with Gasteiger partial charge in [-0.05, 0) is 48.9 Å². The van der Waals surface area contributed by atoms with Gasteiger partial charge in [0, 0.05) is 43.2 Å². The molecule has 0 aliphatic carbocycles. The van der Waals surface area contributed by atoms with Crippen LogP contribution in [0.2, 0.25) is 0 Å². The van der Waals surface area contributed by atoms with E-state index in [0.717, 1.165) is 31.5 Å². The van der Waals surface area contributed by atoms with E-state index in [0.29, 0.717) is 25.9 Å². The molecule has 2 aromatic heterocycles. The molecule has 0 saturated carbocycles. The van der Waals surface area contributed by atoms with Gasteiger partial charge in [-0.25, -0.2) is 4.98 Å². The van der Waals surface area contributed by atoms with Crippen LogP contribution in [0.1, 0.15) is 42.5 Å². The molecular formula is C25H29N3O3. The molecule has 1 aliphatic rings. The highest BCUT2D eigenvalue weighted by Crippen LogP contribution is 2.30. The quantitative estimate of drug-likeness (QED) is 0.520. The first-order valence-corrected chi connectivity index (χ1v) is 11.0. The molecule has 0 fully saturated rings. The van der Waals surface area contributed by atoms with Crippen molar-refractivity contribution in [2.24, 2.45) is 0 Å². The number of ether oxygens (including phenoxy) is 1. The maximum Gasteiger partial charge on any atom is 0.305 e. The number of aromatic nitrogens is 2. The lowest BCUT2D eigenvalue weighted by molar-refractivity contribution is -0.141. The van der Waals surface area contributed by atoms with Gasteiger partial charge in [0.1, 0.15) is 5.65 Å². The van der Waals surface area contributed by atoms with Crippen LogP contribution in [-0.4, -0.2) is 40.0 Å². The van der Waals surface area contributed by atoms with E-state index in [2.05, 4.69) is 44.6 Å². The summed E-state index contributed by atoms with van der Waals surface area (Å²) in [6.07, 6.45) is 5.89. The van der Waals surface area contributed by atoms with E-state index < -0.39 is 0 Å². The summed E-state index contributed by atoms with van der Waals surface area (Å²) < 4.78 is 6.98. The Morgan fingerprint density at radius 2 is 1.90 bits per heavy atom. The summed E-state index contributed by atoms with van der Waals surface area (Å²) in [7, 11) is 1.38. The van der Waals surface area contributed by atoms with Gasteiger partial charge < -0.3 is 14.2 Å². The molecular weight excluding hydrogens is 390 g/mol. The summed E-state index contributed by atoms with van der Waals surface area (Å²) in [5.41, 5.74) is 4.87. The van der Waals surface area contributed by atoms with Gasteiger partial charge in [-0.2, -0.15) is 0 Å². The molecule has 4 rings (SSSR count). The first-order valence-electron chi connectivity index (χ1n) is 11.0. The SMILES string of the molecule is COC(=O)CCCC(=O)N1CCc2c(n(CCCc3ccccc3)c3ncccc23)C1. The van der Waals surface area contributed by atoms with Gasteiger partial charge in [0.05, 0.1) is 13.7 Å². The van der Waals surface area contributed by atoms with E-state index in [1.54, 1.807) is 0 Å². The lowest BCUT2D eigenvalue weighted by atomic mass is 10.0. The van der Waals surface area contributed by atoms with Gasteiger partial charge in [-0.15, -0.1) is 0 Å². The largest absolute Gasteiger partial charge is 0.469 e. The normalized spacial score (nSPS) is 13.3. The Kier molecular flexibility index (Phi) is 6.65. The number of esters is 1. The standard InChI is InChI=1S/C25H29N3O3/c1-31-24(30)13-5-12-23(29)27-17-14-20-21-11-6-15-26-25(21)28(22(20)18-27)16-7-10-19-8-3-2-4-9-19/h2-4,6,8-9,11,15H,5,7,10,12-14,16-18H2,1H3. The molecule has 1 amide bonds. The highest BCUT2D eigenvalue weighted by Gasteiger charge is 2.26. The summed E-state index contributed by atoms with van der Waals surface area (Å²) in [6.45, 7) is 2.19. The van der Waals surface area contributed by atoms with Gasteiger partial charge in [0.25, 0.3) is 0 Å². The molecule has 31 heavy (non-hydrogen) atoms. The number of hydrogen-bond acceptors (Lipinski definition) is 4. The lowest BCUT2D eigenvalue weighted by Crippen LogP contribution is -2.36. The minimum atomic E-state index is -0.265. The number of nitrogens with zero attached hydrogens (tertiary/aromatic N) is 3. The molecule has 0 saturated heterocycles. The molecule has 1 aliphatic heterocycles. The summed E-state index contributed by atoms with van der Waals surface area (Å²) in [4.78, 5) is 30.7. The molecule has 0 spiro atoms. The van der Waals surface area contributed by atoms with Crippen molar-refractivity contribution in [2.45, 2.75) is 51.6 Å². The number of carbonyl (C=O) groups is 2. The molecule has 0 N–H and O–H groups in total. The summed E-state index contributed by atoms with van der Waals surface area (Å²) in [5, 5.41) is 1.20. The molecule has 0 unspecified atom stereocenters. The van der Waals surface area contributed by atoms with Crippen LogP contribution in [0.4, 0.5) is 0 Å². The highest BCUT2D eigenvalue weighted by atomic mass is 16.5. The van der Waals surface area contributed by atoms with Crippen molar-refractivity contribution in [3.05, 3.63) is 65.5 Å². The average Bonchev–Trinajstić information content (AvgIpc) is 3.12. The fraction of sp³-hybridized carbons (Fsp3) is 0.400. The van der Waals surface area contributed by atoms with E-state index in [1.807, 2.05) is 23.2 Å². The zero-order valence-electron chi connectivity index (χ0n) is 18.0. The van der Waals surface area contributed by atoms with E-state index in [4.69, 9.17) is 0 Å². The second-order valence-corrected chi connectivity index (χ2v) is 8.04. The predicted octanol–water partition coefficient (Wildman–Crippen LogP) is 3.90. The molecule has 6 nitrogen and oxygen atoms in total. The van der Waals surface area contributed by atoms with Crippen molar-refractivity contribution in [1.29, 1.82) is 0 Å². The fourth-order valence-electron chi connectivity index (χ4n) is 4.44. The number of fused-ring (bicyclic) bond motifs is 3. The number of aryl methyl sites for hydroxylation is 2. The second kappa shape index (κ2) is 9.77. The number of rotatable bonds is 8. The minimum Gasteiger partial charge on any atom is -0.469 e. The Balaban J connectivity index is 1.48. The predicted molar refractivity (Wildman–Crippen MR) is 119 cm³/mol. The first-order chi connectivity index (χ1) is 15.2. The minimum absolute atomic E-state index is 0.101. The van der Waals surface area contributed by atoms with E-state index in [1.165, 1.54) is 29.3 Å². The number of hydrogen-bond donors (Lipinski definition) is 0. The zero-order chi connectivity index (χ0) is 21.6. The number of methoxy groups -OCH3 is 1. The average molecular weight is 420 g/mol. The molecule has 3 aromatic rings. The number of benzene rings is 1. The van der Waals surface area contributed by atoms with E-state index in [-0.39, 0.29) is 18.3 Å². The third-order valence-corrected chi connectivity index (χ3v) is 6.06. The zero-order valence-corrected chi connectivity index (χ0v) is 18.0. The van der Waals surface area contributed by atoms with Crippen molar-refractivity contribution in [3.8, 4) is 0 Å². The summed E-state index contributed by atoms with van der Waals surface area (Å²) in [6, 6.07) is 14.7. The second-order valence-electron chi connectivity index (χ2n) is 8.04. The van der Waals surface area contributed by atoms with Crippen LogP contribution in [-0.2, 0) is 40.3 Å².